The van der Waals surface area contributed by atoms with Gasteiger partial charge in [-0.2, -0.15) is 0 Å². The highest BCUT2D eigenvalue weighted by molar-refractivity contribution is 6.69. The molecule has 2 heteroatoms. The van der Waals surface area contributed by atoms with Gasteiger partial charge in [0.1, 0.15) is 0 Å². The van der Waals surface area contributed by atoms with Crippen molar-refractivity contribution in [3.8, 4) is 0 Å². The summed E-state index contributed by atoms with van der Waals surface area (Å²) in [6.07, 6.45) is 24.0. The van der Waals surface area contributed by atoms with Crippen molar-refractivity contribution in [2.45, 2.75) is 116 Å². The van der Waals surface area contributed by atoms with Crippen LogP contribution in [0.15, 0.2) is 12.2 Å². The maximum atomic E-state index is 5.88. The van der Waals surface area contributed by atoms with Gasteiger partial charge in [0.2, 0.25) is 0 Å². The lowest BCUT2D eigenvalue weighted by Crippen LogP contribution is -2.25. The summed E-state index contributed by atoms with van der Waals surface area (Å²) in [4.78, 5) is 0. The molecule has 0 aliphatic rings. The zero-order chi connectivity index (χ0) is 17.2. The Bertz CT molecular complexity index is 255. The standard InChI is InChI=1S/C21H44OSi/c1-5-6-7-8-9-10-11-12-13-14-15-16-17-18-19-20-21-22-23(2,3)4/h12-13H,5-11,14-21H2,1-4H3/b13-12-. The van der Waals surface area contributed by atoms with Crippen LogP contribution < -0.4 is 0 Å². The largest absolute Gasteiger partial charge is 0.418 e. The van der Waals surface area contributed by atoms with Crippen LogP contribution in [-0.4, -0.2) is 14.9 Å². The van der Waals surface area contributed by atoms with Crippen LogP contribution in [0.5, 0.6) is 0 Å². The third-order valence-corrected chi connectivity index (χ3v) is 5.26. The molecule has 0 spiro atoms. The van der Waals surface area contributed by atoms with E-state index in [1.165, 1.54) is 89.9 Å². The van der Waals surface area contributed by atoms with Crippen molar-refractivity contribution in [1.29, 1.82) is 0 Å². The molecule has 0 fully saturated rings. The van der Waals surface area contributed by atoms with E-state index in [1.54, 1.807) is 0 Å². The predicted molar refractivity (Wildman–Crippen MR) is 109 cm³/mol. The summed E-state index contributed by atoms with van der Waals surface area (Å²) in [7, 11) is -1.27. The van der Waals surface area contributed by atoms with Crippen molar-refractivity contribution in [2.75, 3.05) is 6.61 Å². The number of unbranched alkanes of at least 4 members (excludes halogenated alkanes) is 12. The van der Waals surface area contributed by atoms with Crippen molar-refractivity contribution in [3.05, 3.63) is 12.2 Å². The molecule has 0 N–H and O–H groups in total. The average Bonchev–Trinajstić information content (AvgIpc) is 2.49. The molecule has 0 aromatic heterocycles. The quantitative estimate of drug-likeness (QED) is 0.149. The van der Waals surface area contributed by atoms with E-state index in [9.17, 15) is 0 Å². The van der Waals surface area contributed by atoms with E-state index in [0.717, 1.165) is 6.61 Å². The van der Waals surface area contributed by atoms with E-state index in [0.29, 0.717) is 0 Å². The molecule has 0 unspecified atom stereocenters. The van der Waals surface area contributed by atoms with Gasteiger partial charge >= 0.3 is 0 Å². The maximum Gasteiger partial charge on any atom is 0.183 e. The Morgan fingerprint density at radius 2 is 1.04 bits per heavy atom. The Kier molecular flexibility index (Phi) is 16.7. The second kappa shape index (κ2) is 16.8. The van der Waals surface area contributed by atoms with Gasteiger partial charge in [-0.3, -0.25) is 0 Å². The van der Waals surface area contributed by atoms with Crippen molar-refractivity contribution in [3.63, 3.8) is 0 Å². The molecule has 0 aliphatic heterocycles. The number of hydrogen-bond acceptors (Lipinski definition) is 1. The van der Waals surface area contributed by atoms with Gasteiger partial charge in [-0.1, -0.05) is 76.9 Å². The third-order valence-electron chi connectivity index (χ3n) is 4.19. The summed E-state index contributed by atoms with van der Waals surface area (Å²) in [5.74, 6) is 0. The highest BCUT2D eigenvalue weighted by Gasteiger charge is 2.12. The van der Waals surface area contributed by atoms with Gasteiger partial charge in [-0.25, -0.2) is 0 Å². The fraction of sp³-hybridized carbons (Fsp3) is 0.905. The topological polar surface area (TPSA) is 9.23 Å². The number of rotatable bonds is 17. The number of allylic oxidation sites excluding steroid dienone is 2. The molecule has 0 aromatic carbocycles. The van der Waals surface area contributed by atoms with Crippen molar-refractivity contribution >= 4 is 8.32 Å². The Balaban J connectivity index is 3.11. The predicted octanol–water partition coefficient (Wildman–Crippen LogP) is 7.88. The molecule has 0 amide bonds. The van der Waals surface area contributed by atoms with Gasteiger partial charge in [0, 0.05) is 6.61 Å². The van der Waals surface area contributed by atoms with Crippen LogP contribution in [0.25, 0.3) is 0 Å². The normalized spacial score (nSPS) is 12.3. The van der Waals surface area contributed by atoms with Crippen molar-refractivity contribution in [2.24, 2.45) is 0 Å². The smallest absolute Gasteiger partial charge is 0.183 e. The average molecular weight is 341 g/mol. The van der Waals surface area contributed by atoms with E-state index >= 15 is 0 Å². The summed E-state index contributed by atoms with van der Waals surface area (Å²) < 4.78 is 5.88. The van der Waals surface area contributed by atoms with Gasteiger partial charge in [0.05, 0.1) is 0 Å². The first-order valence-electron chi connectivity index (χ1n) is 10.3. The zero-order valence-corrected chi connectivity index (χ0v) is 17.7. The first-order valence-corrected chi connectivity index (χ1v) is 13.8. The second-order valence-corrected chi connectivity index (χ2v) is 12.4. The SMILES string of the molecule is CCCCCCCC/C=C\CCCCCCCCO[Si](C)(C)C. The first-order chi connectivity index (χ1) is 11.1. The molecule has 0 heterocycles. The minimum absolute atomic E-state index is 0.983. The van der Waals surface area contributed by atoms with Crippen molar-refractivity contribution < 1.29 is 4.43 Å². The molecule has 0 saturated heterocycles. The highest BCUT2D eigenvalue weighted by Crippen LogP contribution is 2.11. The summed E-state index contributed by atoms with van der Waals surface area (Å²) in [5, 5.41) is 0. The van der Waals surface area contributed by atoms with Crippen molar-refractivity contribution in [1.82, 2.24) is 0 Å². The summed E-state index contributed by atoms with van der Waals surface area (Å²) in [6.45, 7) is 10.1. The molecule has 138 valence electrons. The minimum atomic E-state index is -1.27. The molecule has 1 nitrogen and oxygen atoms in total. The molecule has 0 atom stereocenters. The Labute approximate surface area is 148 Å². The van der Waals surface area contributed by atoms with E-state index < -0.39 is 8.32 Å². The summed E-state index contributed by atoms with van der Waals surface area (Å²) in [6, 6.07) is 0. The third kappa shape index (κ3) is 21.9. The first kappa shape index (κ1) is 22.9. The molecule has 0 saturated carbocycles. The van der Waals surface area contributed by atoms with E-state index in [-0.39, 0.29) is 0 Å². The van der Waals surface area contributed by atoms with Gasteiger partial charge in [0.25, 0.3) is 0 Å². The van der Waals surface area contributed by atoms with Gasteiger partial charge in [0.15, 0.2) is 8.32 Å². The second-order valence-electron chi connectivity index (χ2n) is 7.90. The van der Waals surface area contributed by atoms with Crippen LogP contribution in [0.4, 0.5) is 0 Å². The number of hydrogen-bond donors (Lipinski definition) is 0. The molecule has 0 bridgehead atoms. The summed E-state index contributed by atoms with van der Waals surface area (Å²) in [5.41, 5.74) is 0. The zero-order valence-electron chi connectivity index (χ0n) is 16.7. The monoisotopic (exact) mass is 340 g/mol. The lowest BCUT2D eigenvalue weighted by Gasteiger charge is -2.16. The minimum Gasteiger partial charge on any atom is -0.418 e. The van der Waals surface area contributed by atoms with Crippen LogP contribution in [0.2, 0.25) is 19.6 Å². The molecule has 23 heavy (non-hydrogen) atoms. The van der Waals surface area contributed by atoms with Crippen LogP contribution in [0, 0.1) is 0 Å². The fourth-order valence-electron chi connectivity index (χ4n) is 2.73. The molecule has 0 aliphatic carbocycles. The van der Waals surface area contributed by atoms with Crippen LogP contribution in [-0.2, 0) is 4.43 Å². The lowest BCUT2D eigenvalue weighted by molar-refractivity contribution is 0.298. The maximum absolute atomic E-state index is 5.88. The van der Waals surface area contributed by atoms with Crippen LogP contribution in [0.3, 0.4) is 0 Å². The molecule has 0 aromatic rings. The highest BCUT2D eigenvalue weighted by atomic mass is 28.4. The Hall–Kier alpha value is -0.0831. The van der Waals surface area contributed by atoms with Crippen LogP contribution >= 0.6 is 0 Å². The molecular weight excluding hydrogens is 296 g/mol. The molecule has 0 radical (unpaired) electrons. The van der Waals surface area contributed by atoms with Crippen LogP contribution in [0.1, 0.15) is 96.8 Å². The Morgan fingerprint density at radius 1 is 0.609 bits per heavy atom. The van der Waals surface area contributed by atoms with Gasteiger partial charge in [-0.15, -0.1) is 0 Å². The fourth-order valence-corrected chi connectivity index (χ4v) is 3.48. The van der Waals surface area contributed by atoms with Gasteiger partial charge in [-0.05, 0) is 51.7 Å². The molecular formula is C21H44OSi. The Morgan fingerprint density at radius 3 is 1.52 bits per heavy atom. The molecule has 0 rings (SSSR count). The van der Waals surface area contributed by atoms with Gasteiger partial charge < -0.3 is 4.43 Å². The lowest BCUT2D eigenvalue weighted by atomic mass is 10.1. The summed E-state index contributed by atoms with van der Waals surface area (Å²) >= 11 is 0. The van der Waals surface area contributed by atoms with E-state index in [4.69, 9.17) is 4.43 Å². The van der Waals surface area contributed by atoms with E-state index in [2.05, 4.69) is 38.7 Å². The van der Waals surface area contributed by atoms with E-state index in [1.807, 2.05) is 0 Å².